The van der Waals surface area contributed by atoms with Crippen molar-refractivity contribution in [2.45, 2.75) is 25.4 Å². The topological polar surface area (TPSA) is 88.2 Å². The monoisotopic (exact) mass is 387 g/mol. The van der Waals surface area contributed by atoms with Gasteiger partial charge < -0.3 is 14.5 Å². The van der Waals surface area contributed by atoms with Crippen LogP contribution in [0.25, 0.3) is 22.3 Å². The maximum atomic E-state index is 9.29. The first-order valence-electron chi connectivity index (χ1n) is 9.79. The third-order valence-electron chi connectivity index (χ3n) is 5.45. The molecule has 0 aliphatic carbocycles. The molecule has 4 heterocycles. The summed E-state index contributed by atoms with van der Waals surface area (Å²) in [6, 6.07) is 13.8. The van der Waals surface area contributed by atoms with Crippen molar-refractivity contribution in [2.75, 3.05) is 18.0 Å². The van der Waals surface area contributed by atoms with Crippen molar-refractivity contribution in [3.63, 3.8) is 0 Å². The largest absolute Gasteiger partial charge is 0.392 e. The van der Waals surface area contributed by atoms with Gasteiger partial charge in [-0.05, 0) is 54.8 Å². The van der Waals surface area contributed by atoms with Crippen molar-refractivity contribution in [1.29, 1.82) is 0 Å². The first kappa shape index (κ1) is 17.8. The lowest BCUT2D eigenvalue weighted by Crippen LogP contribution is -2.33. The molecule has 0 unspecified atom stereocenters. The summed E-state index contributed by atoms with van der Waals surface area (Å²) in [7, 11) is 0. The van der Waals surface area contributed by atoms with Gasteiger partial charge in [0.1, 0.15) is 5.82 Å². The van der Waals surface area contributed by atoms with Gasteiger partial charge in [-0.2, -0.15) is 4.98 Å². The average Bonchev–Trinajstić information content (AvgIpc) is 3.29. The fourth-order valence-electron chi connectivity index (χ4n) is 3.81. The molecule has 1 N–H and O–H groups in total. The molecule has 0 amide bonds. The number of hydrogen-bond donors (Lipinski definition) is 1. The summed E-state index contributed by atoms with van der Waals surface area (Å²) in [6.45, 7) is 1.83. The summed E-state index contributed by atoms with van der Waals surface area (Å²) in [5.74, 6) is 2.53. The van der Waals surface area contributed by atoms with Crippen LogP contribution in [0.3, 0.4) is 0 Å². The number of nitrogens with zero attached hydrogens (tertiary/aromatic N) is 5. The second-order valence-corrected chi connectivity index (χ2v) is 7.31. The SMILES string of the molecule is OCc1ccc2nc(N3CCC(c4nc(-c5cccnc5)no4)CC3)ccc2c1. The van der Waals surface area contributed by atoms with Gasteiger partial charge in [0.15, 0.2) is 0 Å². The van der Waals surface area contributed by atoms with E-state index in [2.05, 4.69) is 32.2 Å². The lowest BCUT2D eigenvalue weighted by Gasteiger charge is -2.31. The predicted octanol–water partition coefficient (Wildman–Crippen LogP) is 3.56. The summed E-state index contributed by atoms with van der Waals surface area (Å²) in [5, 5.41) is 14.5. The van der Waals surface area contributed by atoms with Gasteiger partial charge in [-0.15, -0.1) is 0 Å². The van der Waals surface area contributed by atoms with Crippen LogP contribution >= 0.6 is 0 Å². The summed E-state index contributed by atoms with van der Waals surface area (Å²) < 4.78 is 5.54. The van der Waals surface area contributed by atoms with Crippen LogP contribution in [-0.4, -0.2) is 38.3 Å². The maximum Gasteiger partial charge on any atom is 0.230 e. The second kappa shape index (κ2) is 7.60. The minimum Gasteiger partial charge on any atom is -0.392 e. The zero-order valence-corrected chi connectivity index (χ0v) is 15.9. The molecular formula is C22H21N5O2. The van der Waals surface area contributed by atoms with Crippen LogP contribution in [-0.2, 0) is 6.61 Å². The molecule has 29 heavy (non-hydrogen) atoms. The van der Waals surface area contributed by atoms with Crippen LogP contribution in [0.15, 0.2) is 59.4 Å². The van der Waals surface area contributed by atoms with Crippen molar-refractivity contribution in [3.05, 3.63) is 66.3 Å². The fourth-order valence-corrected chi connectivity index (χ4v) is 3.81. The Morgan fingerprint density at radius 3 is 2.76 bits per heavy atom. The molecular weight excluding hydrogens is 366 g/mol. The molecule has 1 fully saturated rings. The van der Waals surface area contributed by atoms with Gasteiger partial charge in [-0.1, -0.05) is 11.2 Å². The Morgan fingerprint density at radius 1 is 1.07 bits per heavy atom. The van der Waals surface area contributed by atoms with E-state index >= 15 is 0 Å². The van der Waals surface area contributed by atoms with Gasteiger partial charge in [0, 0.05) is 42.4 Å². The molecule has 0 spiro atoms. The molecule has 0 radical (unpaired) electrons. The molecule has 1 aromatic carbocycles. The molecule has 3 aromatic heterocycles. The first-order chi connectivity index (χ1) is 14.3. The molecule has 146 valence electrons. The highest BCUT2D eigenvalue weighted by Crippen LogP contribution is 2.30. The lowest BCUT2D eigenvalue weighted by atomic mass is 9.96. The second-order valence-electron chi connectivity index (χ2n) is 7.31. The number of anilines is 1. The maximum absolute atomic E-state index is 9.29. The van der Waals surface area contributed by atoms with E-state index in [0.717, 1.165) is 53.8 Å². The summed E-state index contributed by atoms with van der Waals surface area (Å²) in [6.07, 6.45) is 5.36. The quantitative estimate of drug-likeness (QED) is 0.573. The number of hydrogen-bond acceptors (Lipinski definition) is 7. The normalized spacial score (nSPS) is 15.1. The van der Waals surface area contributed by atoms with Crippen molar-refractivity contribution >= 4 is 16.7 Å². The zero-order chi connectivity index (χ0) is 19.6. The number of fused-ring (bicyclic) bond motifs is 1. The van der Waals surface area contributed by atoms with Crippen molar-refractivity contribution in [1.82, 2.24) is 20.1 Å². The highest BCUT2D eigenvalue weighted by atomic mass is 16.5. The zero-order valence-electron chi connectivity index (χ0n) is 15.9. The number of benzene rings is 1. The van der Waals surface area contributed by atoms with Crippen LogP contribution in [0.2, 0.25) is 0 Å². The molecule has 1 aliphatic rings. The first-order valence-corrected chi connectivity index (χ1v) is 9.79. The number of piperidine rings is 1. The molecule has 4 aromatic rings. The summed E-state index contributed by atoms with van der Waals surface area (Å²) in [5.41, 5.74) is 2.71. The predicted molar refractivity (Wildman–Crippen MR) is 109 cm³/mol. The lowest BCUT2D eigenvalue weighted by molar-refractivity contribution is 0.282. The number of aliphatic hydroxyl groups excluding tert-OH is 1. The standard InChI is InChI=1S/C22H21N5O2/c28-14-15-3-5-19-17(12-15)4-6-20(24-19)27-10-7-16(8-11-27)22-25-21(26-29-22)18-2-1-9-23-13-18/h1-6,9,12-13,16,28H,7-8,10-11,14H2. The molecule has 0 saturated carbocycles. The molecule has 0 bridgehead atoms. The van der Waals surface area contributed by atoms with Crippen LogP contribution in [0.4, 0.5) is 5.82 Å². The third-order valence-corrected chi connectivity index (χ3v) is 5.45. The van der Waals surface area contributed by atoms with Crippen LogP contribution in [0, 0.1) is 0 Å². The van der Waals surface area contributed by atoms with E-state index in [1.54, 1.807) is 12.4 Å². The van der Waals surface area contributed by atoms with Crippen molar-refractivity contribution < 1.29 is 9.63 Å². The van der Waals surface area contributed by atoms with E-state index in [-0.39, 0.29) is 12.5 Å². The molecule has 5 rings (SSSR count). The molecule has 0 atom stereocenters. The Morgan fingerprint density at radius 2 is 1.97 bits per heavy atom. The van der Waals surface area contributed by atoms with E-state index in [4.69, 9.17) is 9.51 Å². The number of aromatic nitrogens is 4. The molecule has 1 aliphatic heterocycles. The molecule has 7 heteroatoms. The number of pyridine rings is 2. The number of aliphatic hydroxyl groups is 1. The van der Waals surface area contributed by atoms with E-state index < -0.39 is 0 Å². The van der Waals surface area contributed by atoms with Gasteiger partial charge in [0.25, 0.3) is 0 Å². The van der Waals surface area contributed by atoms with Gasteiger partial charge >= 0.3 is 0 Å². The highest BCUT2D eigenvalue weighted by Gasteiger charge is 2.26. The van der Waals surface area contributed by atoms with Gasteiger partial charge in [0.05, 0.1) is 12.1 Å². The van der Waals surface area contributed by atoms with Gasteiger partial charge in [-0.3, -0.25) is 4.98 Å². The van der Waals surface area contributed by atoms with E-state index in [1.165, 1.54) is 0 Å². The smallest absolute Gasteiger partial charge is 0.230 e. The van der Waals surface area contributed by atoms with Crippen LogP contribution < -0.4 is 4.90 Å². The van der Waals surface area contributed by atoms with Crippen molar-refractivity contribution in [2.24, 2.45) is 0 Å². The van der Waals surface area contributed by atoms with E-state index in [0.29, 0.717) is 11.7 Å². The van der Waals surface area contributed by atoms with Gasteiger partial charge in [-0.25, -0.2) is 4.98 Å². The Balaban J connectivity index is 1.28. The molecule has 7 nitrogen and oxygen atoms in total. The van der Waals surface area contributed by atoms with Crippen molar-refractivity contribution in [3.8, 4) is 11.4 Å². The average molecular weight is 387 g/mol. The number of rotatable bonds is 4. The van der Waals surface area contributed by atoms with Crippen LogP contribution in [0.5, 0.6) is 0 Å². The Hall–Kier alpha value is -3.32. The minimum atomic E-state index is 0.0450. The molecule has 1 saturated heterocycles. The third kappa shape index (κ3) is 3.56. The minimum absolute atomic E-state index is 0.0450. The van der Waals surface area contributed by atoms with Gasteiger partial charge in [0.2, 0.25) is 11.7 Å². The Kier molecular flexibility index (Phi) is 4.65. The van der Waals surface area contributed by atoms with E-state index in [9.17, 15) is 5.11 Å². The van der Waals surface area contributed by atoms with Crippen LogP contribution in [0.1, 0.15) is 30.2 Å². The highest BCUT2D eigenvalue weighted by molar-refractivity contribution is 5.81. The Bertz CT molecular complexity index is 1120. The van der Waals surface area contributed by atoms with E-state index in [1.807, 2.05) is 30.3 Å². The Labute approximate surface area is 168 Å². The fraction of sp³-hybridized carbons (Fsp3) is 0.273. The summed E-state index contributed by atoms with van der Waals surface area (Å²) >= 11 is 0. The summed E-state index contributed by atoms with van der Waals surface area (Å²) in [4.78, 5) is 15.8.